The molecule has 0 bridgehead atoms. The van der Waals surface area contributed by atoms with Gasteiger partial charge in [0.15, 0.2) is 11.5 Å². The maximum absolute atomic E-state index is 14.7. The molecule has 0 aliphatic carbocycles. The summed E-state index contributed by atoms with van der Waals surface area (Å²) in [4.78, 5) is 30.0. The normalized spacial score (nSPS) is 12.1. The maximum atomic E-state index is 14.7. The van der Waals surface area contributed by atoms with Crippen LogP contribution in [0.15, 0.2) is 102 Å². The van der Waals surface area contributed by atoms with Crippen molar-refractivity contribution in [1.29, 1.82) is 0 Å². The molecule has 9 nitrogen and oxygen atoms in total. The summed E-state index contributed by atoms with van der Waals surface area (Å²) in [5.74, 6) is -0.360. The first-order valence-electron chi connectivity index (χ1n) is 15.4. The number of nitrogens with one attached hydrogen (secondary N) is 1. The van der Waals surface area contributed by atoms with Crippen molar-refractivity contribution < 1.29 is 27.5 Å². The minimum absolute atomic E-state index is 0.0699. The van der Waals surface area contributed by atoms with Crippen molar-refractivity contribution in [2.45, 2.75) is 57.1 Å². The van der Waals surface area contributed by atoms with Crippen molar-refractivity contribution in [3.63, 3.8) is 0 Å². The first-order valence-corrected chi connectivity index (χ1v) is 17.2. The Kier molecular flexibility index (Phi) is 11.8. The Morgan fingerprint density at radius 1 is 0.833 bits per heavy atom. The number of rotatable bonds is 13. The standard InChI is InChI=1S/C37H42ClN3O6S/c1-26-11-10-14-28(21-26)24-40(32(36(43)39-37(2,3)4)22-27-12-8-7-9-13-27)35(42)25-41(30-17-15-29(38)16-18-30)48(44,45)31-19-20-33(46-5)34(23-31)47-6/h7-21,23,32H,22,24-25H2,1-6H3,(H,39,43). The molecular formula is C37H42ClN3O6S. The van der Waals surface area contributed by atoms with E-state index in [9.17, 15) is 18.0 Å². The Labute approximate surface area is 288 Å². The third-order valence-electron chi connectivity index (χ3n) is 7.54. The van der Waals surface area contributed by atoms with Gasteiger partial charge in [0, 0.05) is 29.6 Å². The van der Waals surface area contributed by atoms with Crippen molar-refractivity contribution in [2.75, 3.05) is 25.1 Å². The van der Waals surface area contributed by atoms with E-state index in [0.717, 1.165) is 21.0 Å². The zero-order chi connectivity index (χ0) is 35.1. The molecule has 11 heteroatoms. The van der Waals surface area contributed by atoms with Crippen molar-refractivity contribution in [3.05, 3.63) is 119 Å². The molecule has 0 aliphatic heterocycles. The average Bonchev–Trinajstić information content (AvgIpc) is 3.04. The summed E-state index contributed by atoms with van der Waals surface area (Å²) in [5.41, 5.74) is 2.26. The number of hydrogen-bond acceptors (Lipinski definition) is 6. The van der Waals surface area contributed by atoms with Crippen molar-refractivity contribution >= 4 is 39.1 Å². The minimum Gasteiger partial charge on any atom is -0.493 e. The summed E-state index contributed by atoms with van der Waals surface area (Å²) in [6, 6.07) is 26.5. The van der Waals surface area contributed by atoms with Gasteiger partial charge >= 0.3 is 0 Å². The van der Waals surface area contributed by atoms with Crippen LogP contribution in [-0.4, -0.2) is 57.5 Å². The fourth-order valence-electron chi connectivity index (χ4n) is 5.25. The molecule has 0 aromatic heterocycles. The predicted octanol–water partition coefficient (Wildman–Crippen LogP) is 6.42. The van der Waals surface area contributed by atoms with E-state index in [-0.39, 0.29) is 35.2 Å². The lowest BCUT2D eigenvalue weighted by Gasteiger charge is -2.35. The highest BCUT2D eigenvalue weighted by molar-refractivity contribution is 7.92. The molecule has 1 atom stereocenters. The number of hydrogen-bond donors (Lipinski definition) is 1. The number of sulfonamides is 1. The van der Waals surface area contributed by atoms with Gasteiger partial charge in [0.2, 0.25) is 11.8 Å². The van der Waals surface area contributed by atoms with Crippen LogP contribution in [0.3, 0.4) is 0 Å². The lowest BCUT2D eigenvalue weighted by atomic mass is 10.0. The smallest absolute Gasteiger partial charge is 0.264 e. The minimum atomic E-state index is -4.36. The lowest BCUT2D eigenvalue weighted by molar-refractivity contribution is -0.140. The van der Waals surface area contributed by atoms with Crippen LogP contribution in [0.2, 0.25) is 5.02 Å². The molecule has 1 unspecified atom stereocenters. The molecule has 48 heavy (non-hydrogen) atoms. The molecular weight excluding hydrogens is 650 g/mol. The number of ether oxygens (including phenoxy) is 2. The van der Waals surface area contributed by atoms with Gasteiger partial charge in [0.1, 0.15) is 12.6 Å². The molecule has 0 aliphatic rings. The van der Waals surface area contributed by atoms with Gasteiger partial charge in [-0.2, -0.15) is 0 Å². The van der Waals surface area contributed by atoms with Crippen LogP contribution < -0.4 is 19.1 Å². The van der Waals surface area contributed by atoms with E-state index in [0.29, 0.717) is 10.8 Å². The summed E-state index contributed by atoms with van der Waals surface area (Å²) < 4.78 is 40.5. The number of aryl methyl sites for hydroxylation is 1. The van der Waals surface area contributed by atoms with Crippen LogP contribution in [0.5, 0.6) is 11.5 Å². The van der Waals surface area contributed by atoms with Gasteiger partial charge in [0.05, 0.1) is 24.8 Å². The fraction of sp³-hybridized carbons (Fsp3) is 0.297. The molecule has 0 saturated heterocycles. The van der Waals surface area contributed by atoms with Crippen LogP contribution in [0.4, 0.5) is 5.69 Å². The van der Waals surface area contributed by atoms with Crippen LogP contribution in [0, 0.1) is 6.92 Å². The van der Waals surface area contributed by atoms with Crippen molar-refractivity contribution in [2.24, 2.45) is 0 Å². The van der Waals surface area contributed by atoms with Gasteiger partial charge in [-0.25, -0.2) is 8.42 Å². The molecule has 4 aromatic rings. The van der Waals surface area contributed by atoms with Crippen molar-refractivity contribution in [1.82, 2.24) is 10.2 Å². The van der Waals surface area contributed by atoms with Crippen LogP contribution in [-0.2, 0) is 32.6 Å². The Balaban J connectivity index is 1.84. The van der Waals surface area contributed by atoms with E-state index in [4.69, 9.17) is 21.1 Å². The highest BCUT2D eigenvalue weighted by Crippen LogP contribution is 2.33. The number of anilines is 1. The third kappa shape index (κ3) is 9.29. The largest absolute Gasteiger partial charge is 0.493 e. The molecule has 0 heterocycles. The summed E-state index contributed by atoms with van der Waals surface area (Å²) >= 11 is 6.17. The quantitative estimate of drug-likeness (QED) is 0.174. The van der Waals surface area contributed by atoms with Gasteiger partial charge in [0.25, 0.3) is 10.0 Å². The molecule has 0 saturated carbocycles. The number of amides is 2. The highest BCUT2D eigenvalue weighted by atomic mass is 35.5. The first kappa shape index (κ1) is 36.3. The van der Waals surface area contributed by atoms with E-state index >= 15 is 0 Å². The molecule has 254 valence electrons. The van der Waals surface area contributed by atoms with E-state index in [1.165, 1.54) is 49.5 Å². The predicted molar refractivity (Wildman–Crippen MR) is 189 cm³/mol. The van der Waals surface area contributed by atoms with Gasteiger partial charge in [-0.15, -0.1) is 0 Å². The fourth-order valence-corrected chi connectivity index (χ4v) is 6.81. The van der Waals surface area contributed by atoms with E-state index < -0.39 is 34.1 Å². The van der Waals surface area contributed by atoms with Gasteiger partial charge in [-0.05, 0) is 75.2 Å². The average molecular weight is 692 g/mol. The molecule has 0 spiro atoms. The maximum Gasteiger partial charge on any atom is 0.264 e. The first-order chi connectivity index (χ1) is 22.7. The number of nitrogens with zero attached hydrogens (tertiary/aromatic N) is 2. The second kappa shape index (κ2) is 15.6. The number of benzene rings is 4. The van der Waals surface area contributed by atoms with E-state index in [2.05, 4.69) is 5.32 Å². The molecule has 0 fully saturated rings. The summed E-state index contributed by atoms with van der Waals surface area (Å²) in [7, 11) is -1.50. The SMILES string of the molecule is COc1ccc(S(=O)(=O)N(CC(=O)N(Cc2cccc(C)c2)C(Cc2ccccc2)C(=O)NC(C)(C)C)c2ccc(Cl)cc2)cc1OC. The number of carbonyl (C=O) groups excluding carboxylic acids is 2. The summed E-state index contributed by atoms with van der Waals surface area (Å²) in [5, 5.41) is 3.44. The van der Waals surface area contributed by atoms with Crippen LogP contribution in [0.1, 0.15) is 37.5 Å². The third-order valence-corrected chi connectivity index (χ3v) is 9.56. The molecule has 4 rings (SSSR count). The Bertz CT molecular complexity index is 1830. The van der Waals surface area contributed by atoms with Crippen LogP contribution >= 0.6 is 11.6 Å². The number of halogens is 1. The Morgan fingerprint density at radius 3 is 2.08 bits per heavy atom. The Morgan fingerprint density at radius 2 is 1.48 bits per heavy atom. The Hall–Kier alpha value is -4.54. The van der Waals surface area contributed by atoms with Crippen molar-refractivity contribution in [3.8, 4) is 11.5 Å². The summed E-state index contributed by atoms with van der Waals surface area (Å²) in [6.45, 7) is 7.03. The molecule has 2 amide bonds. The second-order valence-electron chi connectivity index (χ2n) is 12.5. The molecule has 1 N–H and O–H groups in total. The van der Waals surface area contributed by atoms with Gasteiger partial charge in [-0.1, -0.05) is 71.8 Å². The van der Waals surface area contributed by atoms with E-state index in [1.807, 2.05) is 82.3 Å². The van der Waals surface area contributed by atoms with E-state index in [1.54, 1.807) is 12.1 Å². The highest BCUT2D eigenvalue weighted by Gasteiger charge is 2.36. The monoisotopic (exact) mass is 691 g/mol. The van der Waals surface area contributed by atoms with Gasteiger partial charge < -0.3 is 19.7 Å². The molecule has 0 radical (unpaired) electrons. The van der Waals surface area contributed by atoms with Crippen LogP contribution in [0.25, 0.3) is 0 Å². The lowest BCUT2D eigenvalue weighted by Crippen LogP contribution is -2.56. The second-order valence-corrected chi connectivity index (χ2v) is 14.8. The number of carbonyl (C=O) groups is 2. The zero-order valence-corrected chi connectivity index (χ0v) is 29.6. The molecule has 4 aromatic carbocycles. The zero-order valence-electron chi connectivity index (χ0n) is 28.1. The topological polar surface area (TPSA) is 105 Å². The van der Waals surface area contributed by atoms with Gasteiger partial charge in [-0.3, -0.25) is 13.9 Å². The number of methoxy groups -OCH3 is 2. The summed E-state index contributed by atoms with van der Waals surface area (Å²) in [6.07, 6.45) is 0.212.